The highest BCUT2D eigenvalue weighted by molar-refractivity contribution is 5.96. The summed E-state index contributed by atoms with van der Waals surface area (Å²) in [5, 5.41) is 9.61. The first-order valence-electron chi connectivity index (χ1n) is 12.5. The number of carbonyl (C=O) groups excluding carboxylic acids is 1. The molecule has 184 valence electrons. The second kappa shape index (κ2) is 13.1. The van der Waals surface area contributed by atoms with Crippen molar-refractivity contribution in [2.45, 2.75) is 58.9 Å². The van der Waals surface area contributed by atoms with Crippen molar-refractivity contribution in [3.05, 3.63) is 59.7 Å². The molecule has 0 aliphatic carbocycles. The van der Waals surface area contributed by atoms with Crippen LogP contribution in [0.15, 0.2) is 48.5 Å². The lowest BCUT2D eigenvalue weighted by molar-refractivity contribution is -0.120. The average Bonchev–Trinajstić information content (AvgIpc) is 2.82. The van der Waals surface area contributed by atoms with Gasteiger partial charge in [0, 0.05) is 18.8 Å². The molecule has 0 saturated carbocycles. The van der Waals surface area contributed by atoms with Crippen molar-refractivity contribution in [1.82, 2.24) is 4.90 Å². The van der Waals surface area contributed by atoms with Gasteiger partial charge in [-0.1, -0.05) is 51.3 Å². The standard InChI is InChI=1S/C28H38N2O4/c1-22(2)15-18-29-16-9-4-3-5-10-17-30(27(31)21-34-25-11-7-6-8-12-25)26-14-13-23(28(32)33)19-24(26)20-29/h6-8,11-14,19,22H,3-5,9-10,15-18,20-21H2,1-2H3,(H,32,33). The number of anilines is 1. The fourth-order valence-corrected chi connectivity index (χ4v) is 4.31. The average molecular weight is 467 g/mol. The maximum absolute atomic E-state index is 13.3. The van der Waals surface area contributed by atoms with Gasteiger partial charge in [-0.25, -0.2) is 4.79 Å². The largest absolute Gasteiger partial charge is 0.484 e. The Balaban J connectivity index is 1.90. The zero-order chi connectivity index (χ0) is 24.3. The van der Waals surface area contributed by atoms with E-state index in [1.165, 1.54) is 6.42 Å². The van der Waals surface area contributed by atoms with Crippen LogP contribution in [-0.4, -0.2) is 48.1 Å². The summed E-state index contributed by atoms with van der Waals surface area (Å²) >= 11 is 0. The van der Waals surface area contributed by atoms with Gasteiger partial charge in [0.1, 0.15) is 5.75 Å². The van der Waals surface area contributed by atoms with Crippen molar-refractivity contribution in [3.8, 4) is 5.75 Å². The van der Waals surface area contributed by atoms with Crippen molar-refractivity contribution in [2.75, 3.05) is 31.1 Å². The number of rotatable bonds is 7. The van der Waals surface area contributed by atoms with E-state index in [1.54, 1.807) is 23.1 Å². The molecule has 0 aromatic heterocycles. The van der Waals surface area contributed by atoms with Crippen LogP contribution in [0.2, 0.25) is 0 Å². The SMILES string of the molecule is CC(C)CCN1CCCCCCCN(C(=O)COc2ccccc2)c2ccc(C(=O)O)cc2C1. The Morgan fingerprint density at radius 1 is 0.971 bits per heavy atom. The van der Waals surface area contributed by atoms with Gasteiger partial charge < -0.3 is 14.7 Å². The van der Waals surface area contributed by atoms with Crippen LogP contribution in [0.4, 0.5) is 5.69 Å². The molecular weight excluding hydrogens is 428 g/mol. The first-order chi connectivity index (χ1) is 16.4. The number of nitrogens with zero attached hydrogens (tertiary/aromatic N) is 2. The van der Waals surface area contributed by atoms with Crippen molar-refractivity contribution < 1.29 is 19.4 Å². The lowest BCUT2D eigenvalue weighted by Gasteiger charge is -2.30. The molecule has 1 aliphatic rings. The first-order valence-corrected chi connectivity index (χ1v) is 12.5. The van der Waals surface area contributed by atoms with Crippen LogP contribution in [-0.2, 0) is 11.3 Å². The van der Waals surface area contributed by atoms with Gasteiger partial charge in [0.05, 0.1) is 5.56 Å². The van der Waals surface area contributed by atoms with E-state index < -0.39 is 5.97 Å². The number of hydrogen-bond donors (Lipinski definition) is 1. The number of para-hydroxylation sites is 1. The van der Waals surface area contributed by atoms with E-state index in [9.17, 15) is 14.7 Å². The molecule has 0 spiro atoms. The summed E-state index contributed by atoms with van der Waals surface area (Å²) in [6, 6.07) is 14.5. The molecule has 34 heavy (non-hydrogen) atoms. The molecule has 1 heterocycles. The molecule has 3 rings (SSSR count). The Labute approximate surface area is 203 Å². The fraction of sp³-hybridized carbons (Fsp3) is 0.500. The summed E-state index contributed by atoms with van der Waals surface area (Å²) in [5.74, 6) is 0.192. The van der Waals surface area contributed by atoms with E-state index in [0.29, 0.717) is 24.8 Å². The Kier molecular flexibility index (Phi) is 9.95. The third kappa shape index (κ3) is 7.87. The predicted molar refractivity (Wildman–Crippen MR) is 136 cm³/mol. The normalized spacial score (nSPS) is 15.8. The molecule has 0 saturated heterocycles. The third-order valence-corrected chi connectivity index (χ3v) is 6.30. The number of fused-ring (bicyclic) bond motifs is 1. The summed E-state index contributed by atoms with van der Waals surface area (Å²) in [4.78, 5) is 29.3. The molecule has 0 bridgehead atoms. The van der Waals surface area contributed by atoms with Gasteiger partial charge in [0.2, 0.25) is 0 Å². The van der Waals surface area contributed by atoms with Gasteiger partial charge >= 0.3 is 5.97 Å². The Morgan fingerprint density at radius 3 is 2.38 bits per heavy atom. The molecule has 2 aromatic rings. The Hall–Kier alpha value is -2.86. The summed E-state index contributed by atoms with van der Waals surface area (Å²) < 4.78 is 5.76. The molecule has 2 aromatic carbocycles. The zero-order valence-electron chi connectivity index (χ0n) is 20.5. The maximum atomic E-state index is 13.3. The lowest BCUT2D eigenvalue weighted by Crippen LogP contribution is -2.37. The molecule has 6 heteroatoms. The number of hydrogen-bond acceptors (Lipinski definition) is 4. The molecule has 0 unspecified atom stereocenters. The van der Waals surface area contributed by atoms with Crippen LogP contribution in [0.5, 0.6) is 5.75 Å². The molecule has 0 atom stereocenters. The summed E-state index contributed by atoms with van der Waals surface area (Å²) in [6.07, 6.45) is 6.53. The highest BCUT2D eigenvalue weighted by atomic mass is 16.5. The highest BCUT2D eigenvalue weighted by Gasteiger charge is 2.22. The van der Waals surface area contributed by atoms with E-state index in [4.69, 9.17) is 4.74 Å². The van der Waals surface area contributed by atoms with Crippen LogP contribution in [0.3, 0.4) is 0 Å². The lowest BCUT2D eigenvalue weighted by atomic mass is 10.0. The van der Waals surface area contributed by atoms with Crippen molar-refractivity contribution in [3.63, 3.8) is 0 Å². The Bertz CT molecular complexity index is 929. The van der Waals surface area contributed by atoms with Gasteiger partial charge in [-0.2, -0.15) is 0 Å². The quantitative estimate of drug-likeness (QED) is 0.574. The number of carboxylic acid groups (broad SMARTS) is 1. The van der Waals surface area contributed by atoms with Gasteiger partial charge in [-0.15, -0.1) is 0 Å². The minimum atomic E-state index is -0.951. The molecule has 1 amide bonds. The van der Waals surface area contributed by atoms with E-state index >= 15 is 0 Å². The van der Waals surface area contributed by atoms with Gasteiger partial charge in [-0.05, 0) is 74.2 Å². The Morgan fingerprint density at radius 2 is 1.68 bits per heavy atom. The van der Waals surface area contributed by atoms with Crippen molar-refractivity contribution >= 4 is 17.6 Å². The van der Waals surface area contributed by atoms with Crippen LogP contribution in [0, 0.1) is 5.92 Å². The minimum absolute atomic E-state index is 0.0544. The number of ether oxygens (including phenoxy) is 1. The highest BCUT2D eigenvalue weighted by Crippen LogP contribution is 2.27. The van der Waals surface area contributed by atoms with Crippen molar-refractivity contribution in [2.24, 2.45) is 5.92 Å². The topological polar surface area (TPSA) is 70.1 Å². The molecular formula is C28H38N2O4. The van der Waals surface area contributed by atoms with Crippen LogP contribution >= 0.6 is 0 Å². The van der Waals surface area contributed by atoms with Gasteiger partial charge in [-0.3, -0.25) is 9.69 Å². The molecule has 1 aliphatic heterocycles. The second-order valence-electron chi connectivity index (χ2n) is 9.52. The number of benzene rings is 2. The maximum Gasteiger partial charge on any atom is 0.335 e. The van der Waals surface area contributed by atoms with E-state index in [1.807, 2.05) is 30.3 Å². The second-order valence-corrected chi connectivity index (χ2v) is 9.52. The van der Waals surface area contributed by atoms with E-state index in [0.717, 1.165) is 56.4 Å². The summed E-state index contributed by atoms with van der Waals surface area (Å²) in [6.45, 7) is 7.56. The monoisotopic (exact) mass is 466 g/mol. The first kappa shape index (κ1) is 25.8. The van der Waals surface area contributed by atoms with Gasteiger partial charge in [0.15, 0.2) is 6.61 Å². The van der Waals surface area contributed by atoms with E-state index in [2.05, 4.69) is 18.7 Å². The molecule has 6 nitrogen and oxygen atoms in total. The molecule has 0 fully saturated rings. The number of carbonyl (C=O) groups is 2. The third-order valence-electron chi connectivity index (χ3n) is 6.30. The minimum Gasteiger partial charge on any atom is -0.484 e. The molecule has 0 radical (unpaired) electrons. The number of aromatic carboxylic acids is 1. The summed E-state index contributed by atoms with van der Waals surface area (Å²) in [7, 11) is 0. The number of carboxylic acids is 1. The fourth-order valence-electron chi connectivity index (χ4n) is 4.31. The summed E-state index contributed by atoms with van der Waals surface area (Å²) in [5.41, 5.74) is 1.93. The predicted octanol–water partition coefficient (Wildman–Crippen LogP) is 5.61. The zero-order valence-corrected chi connectivity index (χ0v) is 20.5. The van der Waals surface area contributed by atoms with E-state index in [-0.39, 0.29) is 18.1 Å². The van der Waals surface area contributed by atoms with Crippen LogP contribution < -0.4 is 9.64 Å². The van der Waals surface area contributed by atoms with Crippen molar-refractivity contribution in [1.29, 1.82) is 0 Å². The van der Waals surface area contributed by atoms with Crippen LogP contribution in [0.1, 0.15) is 68.3 Å². The van der Waals surface area contributed by atoms with Gasteiger partial charge in [0.25, 0.3) is 5.91 Å². The molecule has 1 N–H and O–H groups in total. The number of amides is 1. The smallest absolute Gasteiger partial charge is 0.335 e. The van der Waals surface area contributed by atoms with Crippen LogP contribution in [0.25, 0.3) is 0 Å².